The summed E-state index contributed by atoms with van der Waals surface area (Å²) in [7, 11) is -5.55. The highest BCUT2D eigenvalue weighted by molar-refractivity contribution is 7.95. The third-order valence-electron chi connectivity index (χ3n) is 5.33. The van der Waals surface area contributed by atoms with Crippen LogP contribution in [0.15, 0.2) is 65.6 Å². The van der Waals surface area contributed by atoms with Crippen LogP contribution in [0.4, 0.5) is 39.5 Å². The van der Waals surface area contributed by atoms with E-state index in [-0.39, 0.29) is 16.7 Å². The molecule has 3 rings (SSSR count). The summed E-state index contributed by atoms with van der Waals surface area (Å²) in [6.07, 6.45) is -2.81. The summed E-state index contributed by atoms with van der Waals surface area (Å²) in [5.74, 6) is -13.9. The van der Waals surface area contributed by atoms with Crippen LogP contribution < -0.4 is 4.74 Å². The van der Waals surface area contributed by atoms with Gasteiger partial charge in [-0.3, -0.25) is 4.79 Å². The van der Waals surface area contributed by atoms with Crippen molar-refractivity contribution in [2.75, 3.05) is 19.6 Å². The molecular formula is C24H19F9O5S2. The topological polar surface area (TPSA) is 83.5 Å². The van der Waals surface area contributed by atoms with Gasteiger partial charge in [-0.2, -0.15) is 39.5 Å². The number of ether oxygens (including phenoxy) is 1. The van der Waals surface area contributed by atoms with Crippen molar-refractivity contribution in [3.05, 3.63) is 71.8 Å². The number of methoxy groups -OCH3 is 1. The number of fused-ring (bicyclic) bond motifs is 1. The summed E-state index contributed by atoms with van der Waals surface area (Å²) in [5, 5.41) is -5.01. The summed E-state index contributed by atoms with van der Waals surface area (Å²) in [4.78, 5) is 13.9. The van der Waals surface area contributed by atoms with Crippen LogP contribution in [0.2, 0.25) is 0 Å². The van der Waals surface area contributed by atoms with Gasteiger partial charge in [0.15, 0.2) is 20.8 Å². The van der Waals surface area contributed by atoms with Crippen molar-refractivity contribution in [2.24, 2.45) is 0 Å². The van der Waals surface area contributed by atoms with Crippen molar-refractivity contribution in [2.45, 2.75) is 28.2 Å². The SMILES string of the molecule is COc1ccc2cc(C(=O)c3ccc([S+](C)C)cc3)ccc2c1.O=S(=O)([O-])C(F)(F)C(F)(F)C(F)(F)C(F)(F)F. The van der Waals surface area contributed by atoms with E-state index in [1.54, 1.807) is 7.11 Å². The maximum absolute atomic E-state index is 12.7. The second-order valence-corrected chi connectivity index (χ2v) is 11.7. The smallest absolute Gasteiger partial charge is 0.460 e. The molecule has 0 aromatic heterocycles. The lowest BCUT2D eigenvalue weighted by molar-refractivity contribution is -0.382. The van der Waals surface area contributed by atoms with Gasteiger partial charge < -0.3 is 9.29 Å². The Bertz CT molecular complexity index is 1470. The maximum atomic E-state index is 12.7. The molecule has 0 N–H and O–H groups in total. The van der Waals surface area contributed by atoms with Gasteiger partial charge >= 0.3 is 23.3 Å². The molecule has 0 bridgehead atoms. The van der Waals surface area contributed by atoms with Gasteiger partial charge in [-0.1, -0.05) is 18.2 Å². The van der Waals surface area contributed by atoms with Crippen molar-refractivity contribution >= 4 is 37.6 Å². The molecule has 0 atom stereocenters. The molecule has 40 heavy (non-hydrogen) atoms. The first-order valence-corrected chi connectivity index (χ1v) is 14.0. The van der Waals surface area contributed by atoms with Crippen molar-refractivity contribution in [1.82, 2.24) is 0 Å². The molecule has 5 nitrogen and oxygen atoms in total. The van der Waals surface area contributed by atoms with E-state index in [0.29, 0.717) is 5.56 Å². The van der Waals surface area contributed by atoms with E-state index in [4.69, 9.17) is 4.74 Å². The largest absolute Gasteiger partial charge is 0.743 e. The van der Waals surface area contributed by atoms with Crippen LogP contribution in [0, 0.1) is 0 Å². The van der Waals surface area contributed by atoms with E-state index in [0.717, 1.165) is 22.1 Å². The number of halogens is 9. The first kappa shape index (κ1) is 33.2. The lowest BCUT2D eigenvalue weighted by atomic mass is 10.00. The molecule has 0 aliphatic carbocycles. The van der Waals surface area contributed by atoms with Crippen LogP contribution in [-0.2, 0) is 21.0 Å². The van der Waals surface area contributed by atoms with E-state index in [1.165, 1.54) is 4.90 Å². The molecule has 220 valence electrons. The number of alkyl halides is 9. The molecule has 16 heteroatoms. The molecule has 3 aromatic rings. The average Bonchev–Trinajstić information content (AvgIpc) is 2.86. The van der Waals surface area contributed by atoms with Gasteiger partial charge in [0.1, 0.15) is 18.3 Å². The van der Waals surface area contributed by atoms with E-state index in [9.17, 15) is 57.3 Å². The highest BCUT2D eigenvalue weighted by Crippen LogP contribution is 2.54. The number of rotatable bonds is 7. The number of hydrogen-bond acceptors (Lipinski definition) is 5. The first-order valence-electron chi connectivity index (χ1n) is 10.5. The molecule has 0 amide bonds. The van der Waals surface area contributed by atoms with Crippen molar-refractivity contribution in [1.29, 1.82) is 0 Å². The third-order valence-corrected chi connectivity index (χ3v) is 7.43. The lowest BCUT2D eigenvalue weighted by Crippen LogP contribution is -2.63. The van der Waals surface area contributed by atoms with E-state index >= 15 is 0 Å². The summed E-state index contributed by atoms with van der Waals surface area (Å²) < 4.78 is 141. The molecule has 0 unspecified atom stereocenters. The molecule has 0 aliphatic heterocycles. The molecule has 0 spiro atoms. The van der Waals surface area contributed by atoms with Gasteiger partial charge in [-0.15, -0.1) is 0 Å². The van der Waals surface area contributed by atoms with Crippen LogP contribution in [0.3, 0.4) is 0 Å². The number of benzene rings is 3. The normalized spacial score (nSPS) is 13.2. The molecule has 0 aliphatic rings. The van der Waals surface area contributed by atoms with Crippen molar-refractivity contribution in [3.8, 4) is 5.75 Å². The number of ketones is 1. The van der Waals surface area contributed by atoms with Crippen molar-refractivity contribution in [3.63, 3.8) is 0 Å². The van der Waals surface area contributed by atoms with Gasteiger partial charge in [0.25, 0.3) is 0 Å². The van der Waals surface area contributed by atoms with E-state index in [2.05, 4.69) is 12.5 Å². The zero-order valence-corrected chi connectivity index (χ0v) is 22.2. The van der Waals surface area contributed by atoms with Crippen LogP contribution >= 0.6 is 0 Å². The van der Waals surface area contributed by atoms with Gasteiger partial charge in [-0.05, 0) is 53.2 Å². The van der Waals surface area contributed by atoms with Gasteiger partial charge in [-0.25, -0.2) is 8.42 Å². The van der Waals surface area contributed by atoms with E-state index < -0.39 is 33.4 Å². The van der Waals surface area contributed by atoms with Crippen LogP contribution in [0.5, 0.6) is 5.75 Å². The Morgan fingerprint density at radius 1 is 0.750 bits per heavy atom. The van der Waals surface area contributed by atoms with Gasteiger partial charge in [0.2, 0.25) is 0 Å². The quantitative estimate of drug-likeness (QED) is 0.134. The summed E-state index contributed by atoms with van der Waals surface area (Å²) in [6, 6.07) is 19.6. The first-order chi connectivity index (χ1) is 18.1. The molecule has 3 aromatic carbocycles. The van der Waals surface area contributed by atoms with Crippen molar-refractivity contribution < 1.29 is 62.0 Å². The fourth-order valence-electron chi connectivity index (χ4n) is 3.05. The minimum atomic E-state index is -7.43. The fraction of sp³-hybridized carbons (Fsp3) is 0.292. The summed E-state index contributed by atoms with van der Waals surface area (Å²) >= 11 is 0. The summed E-state index contributed by atoms with van der Waals surface area (Å²) in [5.41, 5.74) is 1.44. The van der Waals surface area contributed by atoms with Crippen LogP contribution in [0.1, 0.15) is 15.9 Å². The number of hydrogen-bond donors (Lipinski definition) is 0. The highest BCUT2D eigenvalue weighted by Gasteiger charge is 2.83. The number of carbonyl (C=O) groups excluding carboxylic acids is 1. The minimum absolute atomic E-state index is 0.0568. The van der Waals surface area contributed by atoms with E-state index in [1.807, 2.05) is 60.7 Å². The second kappa shape index (κ2) is 11.5. The fourth-order valence-corrected chi connectivity index (χ4v) is 4.18. The standard InChI is InChI=1S/C20H19O2S.C4HF9O3S/c1-22-18-9-6-15-12-17(5-4-16(15)13-18)20(21)14-7-10-19(11-8-14)23(2)3;5-1(6,3(9,10)11)2(7,8)4(12,13)17(14,15)16/h4-13H,1-3H3;(H,14,15,16)/q+1;/p-1. The maximum Gasteiger partial charge on any atom is 0.460 e. The number of carbonyl (C=O) groups is 1. The van der Waals surface area contributed by atoms with Crippen LogP contribution in [0.25, 0.3) is 10.8 Å². The molecular weight excluding hydrogens is 603 g/mol. The average molecular weight is 623 g/mol. The van der Waals surface area contributed by atoms with Gasteiger partial charge in [0.05, 0.1) is 7.11 Å². The Hall–Kier alpha value is -2.98. The Kier molecular flexibility index (Phi) is 9.54. The Balaban J connectivity index is 0.000000296. The zero-order valence-electron chi connectivity index (χ0n) is 20.5. The minimum Gasteiger partial charge on any atom is -0.743 e. The molecule has 0 saturated carbocycles. The third kappa shape index (κ3) is 6.49. The highest BCUT2D eigenvalue weighted by atomic mass is 32.2. The molecule has 0 fully saturated rings. The Labute approximate surface area is 225 Å². The predicted octanol–water partition coefficient (Wildman–Crippen LogP) is 6.27. The molecule has 0 radical (unpaired) electrons. The molecule has 0 saturated heterocycles. The lowest BCUT2D eigenvalue weighted by Gasteiger charge is -2.34. The monoisotopic (exact) mass is 622 g/mol. The predicted molar refractivity (Wildman–Crippen MR) is 128 cm³/mol. The molecule has 0 heterocycles. The second-order valence-electron chi connectivity index (χ2n) is 8.22. The van der Waals surface area contributed by atoms with Gasteiger partial charge in [0, 0.05) is 22.0 Å². The van der Waals surface area contributed by atoms with Crippen LogP contribution in [-0.4, -0.2) is 61.7 Å². The zero-order chi connectivity index (χ0) is 30.9. The summed E-state index contributed by atoms with van der Waals surface area (Å²) in [6.45, 7) is 0. The Morgan fingerprint density at radius 3 is 1.68 bits per heavy atom. The Morgan fingerprint density at radius 2 is 1.23 bits per heavy atom.